The number of hydrogen-bond donors (Lipinski definition) is 0. The molecule has 0 amide bonds. The largest absolute Gasteiger partial charge is 0.307 e. The number of nitro groups is 1. The third-order valence-corrected chi connectivity index (χ3v) is 4.35. The van der Waals surface area contributed by atoms with E-state index in [1.807, 2.05) is 0 Å². The van der Waals surface area contributed by atoms with Crippen molar-refractivity contribution in [3.63, 3.8) is 0 Å². The van der Waals surface area contributed by atoms with Crippen LogP contribution in [0.1, 0.15) is 12.5 Å². The zero-order chi connectivity index (χ0) is 14.2. The van der Waals surface area contributed by atoms with Crippen molar-refractivity contribution < 1.29 is 17.7 Å². The quantitative estimate of drug-likeness (QED) is 0.591. The average Bonchev–Trinajstić information content (AvgIpc) is 2.76. The summed E-state index contributed by atoms with van der Waals surface area (Å²) in [6.07, 6.45) is 2.03. The van der Waals surface area contributed by atoms with Gasteiger partial charge in [-0.1, -0.05) is 0 Å². The van der Waals surface area contributed by atoms with Crippen molar-refractivity contribution in [2.75, 3.05) is 19.3 Å². The van der Waals surface area contributed by atoms with Gasteiger partial charge in [-0.3, -0.25) is 14.8 Å². The molecule has 0 saturated carbocycles. The normalized spacial score (nSPS) is 25.4. The molecule has 2 rings (SSSR count). The Morgan fingerprint density at radius 1 is 1.58 bits per heavy atom. The molecule has 10 heteroatoms. The fourth-order valence-electron chi connectivity index (χ4n) is 2.07. The molecule has 1 aromatic heterocycles. The molecule has 0 spiro atoms. The Labute approximate surface area is 109 Å². The first-order valence-corrected chi connectivity index (χ1v) is 7.41. The topological polar surface area (TPSA) is 98.3 Å². The molecule has 0 aromatic carbocycles. The molecule has 1 aliphatic rings. The number of sulfonamides is 1. The maximum absolute atomic E-state index is 14.0. The lowest BCUT2D eigenvalue weighted by molar-refractivity contribution is -0.385. The first-order valence-electron chi connectivity index (χ1n) is 5.57. The van der Waals surface area contributed by atoms with E-state index in [2.05, 4.69) is 5.10 Å². The molecule has 0 N–H and O–H groups in total. The number of halogens is 1. The number of aromatic nitrogens is 2. The van der Waals surface area contributed by atoms with Crippen LogP contribution in [-0.2, 0) is 10.0 Å². The summed E-state index contributed by atoms with van der Waals surface area (Å²) < 4.78 is 38.9. The smallest absolute Gasteiger partial charge is 0.259 e. The summed E-state index contributed by atoms with van der Waals surface area (Å²) in [7, 11) is -3.42. The summed E-state index contributed by atoms with van der Waals surface area (Å²) >= 11 is 0. The monoisotopic (exact) mass is 292 g/mol. The minimum Gasteiger partial charge on any atom is -0.259 e. The zero-order valence-electron chi connectivity index (χ0n) is 10.1. The second-order valence-electron chi connectivity index (χ2n) is 4.43. The Morgan fingerprint density at radius 3 is 2.74 bits per heavy atom. The van der Waals surface area contributed by atoms with Crippen molar-refractivity contribution in [3.05, 3.63) is 22.5 Å². The lowest BCUT2D eigenvalue weighted by Crippen LogP contribution is -2.45. The Balaban J connectivity index is 2.13. The Bertz CT molecular complexity index is 587. The SMILES string of the molecule is CS(=O)(=O)N1CCC(n2cc([N+](=O)[O-])cn2)C(F)C1. The fourth-order valence-corrected chi connectivity index (χ4v) is 2.92. The van der Waals surface area contributed by atoms with Crippen molar-refractivity contribution in [2.45, 2.75) is 18.6 Å². The van der Waals surface area contributed by atoms with Crippen LogP contribution in [0.2, 0.25) is 0 Å². The highest BCUT2D eigenvalue weighted by molar-refractivity contribution is 7.88. The fraction of sp³-hybridized carbons (Fsp3) is 0.667. The van der Waals surface area contributed by atoms with Crippen LogP contribution in [0.4, 0.5) is 10.1 Å². The van der Waals surface area contributed by atoms with E-state index < -0.39 is 27.2 Å². The molecule has 2 atom stereocenters. The van der Waals surface area contributed by atoms with Gasteiger partial charge in [0.05, 0.1) is 17.2 Å². The molecule has 1 aromatic rings. The minimum atomic E-state index is -3.42. The third-order valence-electron chi connectivity index (χ3n) is 3.08. The predicted molar refractivity (Wildman–Crippen MR) is 63.8 cm³/mol. The van der Waals surface area contributed by atoms with Gasteiger partial charge in [0.2, 0.25) is 10.0 Å². The van der Waals surface area contributed by atoms with Crippen LogP contribution in [0.25, 0.3) is 0 Å². The second-order valence-corrected chi connectivity index (χ2v) is 6.41. The van der Waals surface area contributed by atoms with Crippen molar-refractivity contribution >= 4 is 15.7 Å². The highest BCUT2D eigenvalue weighted by atomic mass is 32.2. The molecular formula is C9H13FN4O4S. The van der Waals surface area contributed by atoms with E-state index >= 15 is 0 Å². The summed E-state index contributed by atoms with van der Waals surface area (Å²) in [4.78, 5) is 9.92. The van der Waals surface area contributed by atoms with Gasteiger partial charge in [0.15, 0.2) is 0 Å². The molecule has 0 bridgehead atoms. The van der Waals surface area contributed by atoms with Crippen LogP contribution >= 0.6 is 0 Å². The van der Waals surface area contributed by atoms with Crippen LogP contribution in [0.3, 0.4) is 0 Å². The number of piperidine rings is 1. The van der Waals surface area contributed by atoms with E-state index in [1.54, 1.807) is 0 Å². The number of hydrogen-bond acceptors (Lipinski definition) is 5. The van der Waals surface area contributed by atoms with E-state index in [0.29, 0.717) is 0 Å². The van der Waals surface area contributed by atoms with Crippen LogP contribution < -0.4 is 0 Å². The van der Waals surface area contributed by atoms with E-state index in [0.717, 1.165) is 23.0 Å². The molecular weight excluding hydrogens is 279 g/mol. The summed E-state index contributed by atoms with van der Waals surface area (Å²) in [5.74, 6) is 0. The van der Waals surface area contributed by atoms with E-state index in [4.69, 9.17) is 0 Å². The molecule has 1 fully saturated rings. The van der Waals surface area contributed by atoms with Crippen molar-refractivity contribution in [1.82, 2.24) is 14.1 Å². The molecule has 1 saturated heterocycles. The summed E-state index contributed by atoms with van der Waals surface area (Å²) in [6.45, 7) is -0.0747. The first kappa shape index (κ1) is 13.9. The summed E-state index contributed by atoms with van der Waals surface area (Å²) in [5, 5.41) is 14.3. The van der Waals surface area contributed by atoms with Crippen LogP contribution in [0.5, 0.6) is 0 Å². The maximum atomic E-state index is 14.0. The van der Waals surface area contributed by atoms with Gasteiger partial charge in [-0.05, 0) is 6.42 Å². The van der Waals surface area contributed by atoms with E-state index in [9.17, 15) is 22.9 Å². The van der Waals surface area contributed by atoms with Crippen molar-refractivity contribution in [1.29, 1.82) is 0 Å². The lowest BCUT2D eigenvalue weighted by Gasteiger charge is -2.32. The van der Waals surface area contributed by atoms with E-state index in [-0.39, 0.29) is 25.2 Å². The molecule has 0 radical (unpaired) electrons. The molecule has 8 nitrogen and oxygen atoms in total. The number of nitrogens with zero attached hydrogens (tertiary/aromatic N) is 4. The highest BCUT2D eigenvalue weighted by Gasteiger charge is 2.35. The molecule has 1 aliphatic heterocycles. The van der Waals surface area contributed by atoms with Gasteiger partial charge in [-0.2, -0.15) is 9.40 Å². The van der Waals surface area contributed by atoms with Gasteiger partial charge < -0.3 is 0 Å². The van der Waals surface area contributed by atoms with E-state index in [1.165, 1.54) is 4.68 Å². The second kappa shape index (κ2) is 4.85. The number of rotatable bonds is 3. The maximum Gasteiger partial charge on any atom is 0.307 e. The van der Waals surface area contributed by atoms with Gasteiger partial charge in [0.25, 0.3) is 0 Å². The van der Waals surface area contributed by atoms with Gasteiger partial charge in [0, 0.05) is 13.1 Å². The van der Waals surface area contributed by atoms with Gasteiger partial charge >= 0.3 is 5.69 Å². The lowest BCUT2D eigenvalue weighted by atomic mass is 10.1. The number of alkyl halides is 1. The molecule has 2 unspecified atom stereocenters. The highest BCUT2D eigenvalue weighted by Crippen LogP contribution is 2.27. The molecule has 106 valence electrons. The Hall–Kier alpha value is -1.55. The Kier molecular flexibility index (Phi) is 3.54. The van der Waals surface area contributed by atoms with Gasteiger partial charge in [-0.25, -0.2) is 12.8 Å². The molecule has 19 heavy (non-hydrogen) atoms. The summed E-state index contributed by atoms with van der Waals surface area (Å²) in [6, 6.07) is -0.674. The third kappa shape index (κ3) is 2.89. The Morgan fingerprint density at radius 2 is 2.26 bits per heavy atom. The standard InChI is InChI=1S/C9H13FN4O4S/c1-19(17,18)12-3-2-9(8(10)6-12)13-5-7(4-11-13)14(15)16/h4-5,8-9H,2-3,6H2,1H3. The minimum absolute atomic E-state index is 0.178. The molecule has 2 heterocycles. The van der Waals surface area contributed by atoms with Gasteiger partial charge in [0.1, 0.15) is 18.6 Å². The van der Waals surface area contributed by atoms with Crippen LogP contribution in [0.15, 0.2) is 12.4 Å². The van der Waals surface area contributed by atoms with Gasteiger partial charge in [-0.15, -0.1) is 0 Å². The average molecular weight is 292 g/mol. The summed E-state index contributed by atoms with van der Waals surface area (Å²) in [5.41, 5.74) is -0.210. The molecule has 0 aliphatic carbocycles. The zero-order valence-corrected chi connectivity index (χ0v) is 11.0. The van der Waals surface area contributed by atoms with Crippen LogP contribution in [-0.4, -0.2) is 52.9 Å². The van der Waals surface area contributed by atoms with Crippen LogP contribution in [0, 0.1) is 10.1 Å². The van der Waals surface area contributed by atoms with Crippen molar-refractivity contribution in [2.24, 2.45) is 0 Å². The predicted octanol–water partition coefficient (Wildman–Crippen LogP) is 0.336. The van der Waals surface area contributed by atoms with Crippen molar-refractivity contribution in [3.8, 4) is 0 Å². The first-order chi connectivity index (χ1) is 8.79.